The molecule has 3 rings (SSSR count). The normalized spacial score (nSPS) is 10.6. The largest absolute Gasteiger partial charge is 0.416 e. The van der Waals surface area contributed by atoms with Gasteiger partial charge in [-0.2, -0.15) is 0 Å². The van der Waals surface area contributed by atoms with Crippen LogP contribution in [0.5, 0.6) is 0 Å². The number of halogens is 2. The molecule has 0 aliphatic rings. The zero-order valence-corrected chi connectivity index (χ0v) is 11.8. The highest BCUT2D eigenvalue weighted by molar-refractivity contribution is 14.1. The third-order valence-corrected chi connectivity index (χ3v) is 3.26. The highest BCUT2D eigenvalue weighted by atomic mass is 127. The summed E-state index contributed by atoms with van der Waals surface area (Å²) in [5.74, 6) is 0.549. The van der Waals surface area contributed by atoms with Gasteiger partial charge in [0.05, 0.1) is 0 Å². The summed E-state index contributed by atoms with van der Waals surface area (Å²) in [6.45, 7) is 0. The molecule has 0 amide bonds. The third-order valence-electron chi connectivity index (χ3n) is 2.59. The Balaban J connectivity index is 1.97. The van der Waals surface area contributed by atoms with E-state index < -0.39 is 0 Å². The predicted molar refractivity (Wildman–Crippen MR) is 77.8 cm³/mol. The molecule has 3 nitrogen and oxygen atoms in total. The molecular formula is C14H8FIN2O. The molecule has 0 bridgehead atoms. The summed E-state index contributed by atoms with van der Waals surface area (Å²) in [5, 5.41) is 7.99. The second-order valence-corrected chi connectivity index (χ2v) is 5.18. The lowest BCUT2D eigenvalue weighted by atomic mass is 10.2. The first-order chi connectivity index (χ1) is 9.22. The van der Waals surface area contributed by atoms with Crippen molar-refractivity contribution in [3.05, 3.63) is 57.9 Å². The molecule has 0 spiro atoms. The van der Waals surface area contributed by atoms with E-state index >= 15 is 0 Å². The minimum Gasteiger partial charge on any atom is -0.416 e. The lowest BCUT2D eigenvalue weighted by Gasteiger charge is -1.96. The second kappa shape index (κ2) is 5.08. The van der Waals surface area contributed by atoms with Gasteiger partial charge < -0.3 is 4.42 Å². The Morgan fingerprint density at radius 2 is 1.58 bits per heavy atom. The molecule has 3 aromatic rings. The summed E-state index contributed by atoms with van der Waals surface area (Å²) in [7, 11) is 0. The summed E-state index contributed by atoms with van der Waals surface area (Å²) in [6, 6.07) is 13.7. The van der Waals surface area contributed by atoms with Crippen molar-refractivity contribution in [1.82, 2.24) is 10.2 Å². The highest BCUT2D eigenvalue weighted by Gasteiger charge is 2.10. The Morgan fingerprint density at radius 1 is 0.895 bits per heavy atom. The van der Waals surface area contributed by atoms with Crippen LogP contribution in [0, 0.1) is 9.39 Å². The number of nitrogens with zero attached hydrogens (tertiary/aromatic N) is 2. The van der Waals surface area contributed by atoms with Gasteiger partial charge in [0.1, 0.15) is 5.82 Å². The fourth-order valence-electron chi connectivity index (χ4n) is 1.67. The van der Waals surface area contributed by atoms with Crippen molar-refractivity contribution in [3.63, 3.8) is 0 Å². The molecule has 0 saturated heterocycles. The van der Waals surface area contributed by atoms with Gasteiger partial charge in [0.2, 0.25) is 11.8 Å². The molecule has 0 unspecified atom stereocenters. The third kappa shape index (κ3) is 2.65. The van der Waals surface area contributed by atoms with Crippen molar-refractivity contribution in [3.8, 4) is 22.9 Å². The first-order valence-electron chi connectivity index (χ1n) is 5.58. The number of hydrogen-bond donors (Lipinski definition) is 0. The van der Waals surface area contributed by atoms with Crippen LogP contribution in [0.2, 0.25) is 0 Å². The molecule has 0 aliphatic heterocycles. The van der Waals surface area contributed by atoms with E-state index in [4.69, 9.17) is 4.42 Å². The molecule has 1 heterocycles. The van der Waals surface area contributed by atoms with Gasteiger partial charge in [-0.05, 0) is 65.1 Å². The van der Waals surface area contributed by atoms with E-state index in [1.807, 2.05) is 24.3 Å². The molecule has 0 N–H and O–H groups in total. The molecule has 0 atom stereocenters. The van der Waals surface area contributed by atoms with E-state index in [2.05, 4.69) is 32.8 Å². The average Bonchev–Trinajstić information content (AvgIpc) is 2.89. The molecule has 0 fully saturated rings. The molecule has 0 radical (unpaired) electrons. The Hall–Kier alpha value is -1.76. The maximum atomic E-state index is 12.8. The maximum Gasteiger partial charge on any atom is 0.248 e. The Kier molecular flexibility index (Phi) is 3.29. The fraction of sp³-hybridized carbons (Fsp3) is 0. The topological polar surface area (TPSA) is 38.9 Å². The van der Waals surface area contributed by atoms with Gasteiger partial charge in [-0.25, -0.2) is 4.39 Å². The van der Waals surface area contributed by atoms with Crippen molar-refractivity contribution in [2.24, 2.45) is 0 Å². The summed E-state index contributed by atoms with van der Waals surface area (Å²) in [6.07, 6.45) is 0. The second-order valence-electron chi connectivity index (χ2n) is 3.93. The minimum absolute atomic E-state index is 0.291. The van der Waals surface area contributed by atoms with Crippen molar-refractivity contribution in [2.45, 2.75) is 0 Å². The molecule has 94 valence electrons. The monoisotopic (exact) mass is 366 g/mol. The molecule has 0 saturated carbocycles. The van der Waals surface area contributed by atoms with Crippen LogP contribution in [-0.4, -0.2) is 10.2 Å². The van der Waals surface area contributed by atoms with Crippen molar-refractivity contribution < 1.29 is 8.81 Å². The predicted octanol–water partition coefficient (Wildman–Crippen LogP) is 4.15. The van der Waals surface area contributed by atoms with E-state index in [-0.39, 0.29) is 5.82 Å². The molecule has 0 aliphatic carbocycles. The van der Waals surface area contributed by atoms with E-state index in [1.165, 1.54) is 12.1 Å². The Labute approximate surface area is 122 Å². The lowest BCUT2D eigenvalue weighted by Crippen LogP contribution is -1.78. The Morgan fingerprint density at radius 3 is 2.26 bits per heavy atom. The molecular weight excluding hydrogens is 358 g/mol. The van der Waals surface area contributed by atoms with Crippen LogP contribution in [0.25, 0.3) is 22.9 Å². The van der Waals surface area contributed by atoms with E-state index in [9.17, 15) is 4.39 Å². The van der Waals surface area contributed by atoms with Crippen molar-refractivity contribution in [1.29, 1.82) is 0 Å². The lowest BCUT2D eigenvalue weighted by molar-refractivity contribution is 0.584. The van der Waals surface area contributed by atoms with Gasteiger partial charge in [-0.15, -0.1) is 10.2 Å². The Bertz CT molecular complexity index is 709. The highest BCUT2D eigenvalue weighted by Crippen LogP contribution is 2.24. The quantitative estimate of drug-likeness (QED) is 0.640. The summed E-state index contributed by atoms with van der Waals surface area (Å²) < 4.78 is 19.5. The zero-order chi connectivity index (χ0) is 13.2. The zero-order valence-electron chi connectivity index (χ0n) is 9.68. The SMILES string of the molecule is Fc1ccc(-c2nnc(-c3cccc(I)c3)o2)cc1. The first kappa shape index (κ1) is 12.3. The van der Waals surface area contributed by atoms with Gasteiger partial charge in [-0.3, -0.25) is 0 Å². The van der Waals surface area contributed by atoms with Crippen LogP contribution < -0.4 is 0 Å². The van der Waals surface area contributed by atoms with Crippen LogP contribution >= 0.6 is 22.6 Å². The smallest absolute Gasteiger partial charge is 0.248 e. The van der Waals surface area contributed by atoms with Crippen molar-refractivity contribution in [2.75, 3.05) is 0 Å². The summed E-state index contributed by atoms with van der Waals surface area (Å²) in [5.41, 5.74) is 1.57. The van der Waals surface area contributed by atoms with Crippen LogP contribution in [0.4, 0.5) is 4.39 Å². The molecule has 5 heteroatoms. The molecule has 19 heavy (non-hydrogen) atoms. The number of aromatic nitrogens is 2. The van der Waals surface area contributed by atoms with Gasteiger partial charge in [0.25, 0.3) is 0 Å². The van der Waals surface area contributed by atoms with E-state index in [0.29, 0.717) is 17.3 Å². The van der Waals surface area contributed by atoms with Gasteiger partial charge in [-0.1, -0.05) is 6.07 Å². The van der Waals surface area contributed by atoms with Crippen LogP contribution in [-0.2, 0) is 0 Å². The van der Waals surface area contributed by atoms with Crippen LogP contribution in [0.15, 0.2) is 52.9 Å². The number of rotatable bonds is 2. The standard InChI is InChI=1S/C14H8FIN2O/c15-11-6-4-9(5-7-11)13-17-18-14(19-13)10-2-1-3-12(16)8-10/h1-8H. The molecule has 1 aromatic heterocycles. The van der Waals surface area contributed by atoms with Crippen LogP contribution in [0.1, 0.15) is 0 Å². The maximum absolute atomic E-state index is 12.8. The molecule has 2 aromatic carbocycles. The van der Waals surface area contributed by atoms with Gasteiger partial charge in [0, 0.05) is 14.7 Å². The van der Waals surface area contributed by atoms with E-state index in [1.54, 1.807) is 12.1 Å². The van der Waals surface area contributed by atoms with Gasteiger partial charge >= 0.3 is 0 Å². The van der Waals surface area contributed by atoms with Crippen molar-refractivity contribution >= 4 is 22.6 Å². The van der Waals surface area contributed by atoms with Gasteiger partial charge in [0.15, 0.2) is 0 Å². The van der Waals surface area contributed by atoms with E-state index in [0.717, 1.165) is 9.13 Å². The summed E-state index contributed by atoms with van der Waals surface area (Å²) in [4.78, 5) is 0. The minimum atomic E-state index is -0.291. The fourth-order valence-corrected chi connectivity index (χ4v) is 2.21. The average molecular weight is 366 g/mol. The summed E-state index contributed by atoms with van der Waals surface area (Å²) >= 11 is 2.22. The first-order valence-corrected chi connectivity index (χ1v) is 6.65. The number of hydrogen-bond acceptors (Lipinski definition) is 3. The van der Waals surface area contributed by atoms with Crippen LogP contribution in [0.3, 0.4) is 0 Å². The number of benzene rings is 2.